The highest BCUT2D eigenvalue weighted by Gasteiger charge is 2.20. The van der Waals surface area contributed by atoms with Crippen LogP contribution >= 0.6 is 0 Å². The predicted molar refractivity (Wildman–Crippen MR) is 66.2 cm³/mol. The van der Waals surface area contributed by atoms with E-state index in [1.54, 1.807) is 0 Å². The Morgan fingerprint density at radius 3 is 2.67 bits per heavy atom. The van der Waals surface area contributed by atoms with Crippen molar-refractivity contribution in [3.05, 3.63) is 29.6 Å². The number of benzene rings is 1. The van der Waals surface area contributed by atoms with Gasteiger partial charge in [-0.25, -0.2) is 4.39 Å². The van der Waals surface area contributed by atoms with Crippen molar-refractivity contribution in [2.75, 3.05) is 7.11 Å². The third kappa shape index (κ3) is 4.00. The van der Waals surface area contributed by atoms with Gasteiger partial charge in [0.2, 0.25) is 0 Å². The number of halogens is 1. The molecule has 0 fully saturated rings. The van der Waals surface area contributed by atoms with Crippen molar-refractivity contribution in [2.24, 2.45) is 0 Å². The Balaban J connectivity index is 3.09. The van der Waals surface area contributed by atoms with E-state index in [0.29, 0.717) is 11.3 Å². The van der Waals surface area contributed by atoms with E-state index >= 15 is 0 Å². The van der Waals surface area contributed by atoms with E-state index in [-0.39, 0.29) is 12.5 Å². The number of hydrogen-bond acceptors (Lipinski definition) is 3. The lowest BCUT2D eigenvalue weighted by molar-refractivity contribution is -0.137. The summed E-state index contributed by atoms with van der Waals surface area (Å²) in [5, 5.41) is 12.0. The molecule has 1 rings (SSSR count). The van der Waals surface area contributed by atoms with Gasteiger partial charge in [0.25, 0.3) is 0 Å². The lowest BCUT2D eigenvalue weighted by Crippen LogP contribution is -2.30. The third-order valence-electron chi connectivity index (χ3n) is 2.48. The average Bonchev–Trinajstić information content (AvgIpc) is 2.26. The van der Waals surface area contributed by atoms with Crippen LogP contribution in [0.4, 0.5) is 4.39 Å². The molecule has 0 aliphatic carbocycles. The van der Waals surface area contributed by atoms with Gasteiger partial charge in [-0.05, 0) is 18.2 Å². The van der Waals surface area contributed by atoms with Gasteiger partial charge in [0.15, 0.2) is 0 Å². The van der Waals surface area contributed by atoms with Crippen LogP contribution in [0.3, 0.4) is 0 Å². The van der Waals surface area contributed by atoms with E-state index in [2.05, 4.69) is 5.32 Å². The number of carbonyl (C=O) groups is 1. The maximum absolute atomic E-state index is 13.3. The quantitative estimate of drug-likeness (QED) is 0.819. The highest BCUT2D eigenvalue weighted by Crippen LogP contribution is 2.28. The van der Waals surface area contributed by atoms with Crippen LogP contribution in [0, 0.1) is 5.82 Å². The molecule has 2 N–H and O–H groups in total. The maximum atomic E-state index is 13.3. The number of hydrogen-bond donors (Lipinski definition) is 2. The smallest absolute Gasteiger partial charge is 0.305 e. The summed E-state index contributed by atoms with van der Waals surface area (Å²) >= 11 is 0. The summed E-state index contributed by atoms with van der Waals surface area (Å²) < 4.78 is 18.4. The van der Waals surface area contributed by atoms with Crippen LogP contribution in [0.2, 0.25) is 0 Å². The Bertz CT molecular complexity index is 421. The van der Waals surface area contributed by atoms with Crippen LogP contribution < -0.4 is 10.1 Å². The van der Waals surface area contributed by atoms with Gasteiger partial charge in [0, 0.05) is 17.6 Å². The second kappa shape index (κ2) is 6.35. The summed E-state index contributed by atoms with van der Waals surface area (Å²) in [7, 11) is 1.48. The highest BCUT2D eigenvalue weighted by atomic mass is 19.1. The zero-order valence-electron chi connectivity index (χ0n) is 10.7. The fraction of sp³-hybridized carbons (Fsp3) is 0.462. The second-order valence-electron chi connectivity index (χ2n) is 4.36. The molecule has 0 aliphatic rings. The first kappa shape index (κ1) is 14.4. The first-order valence-electron chi connectivity index (χ1n) is 5.75. The molecule has 0 saturated heterocycles. The van der Waals surface area contributed by atoms with E-state index in [1.165, 1.54) is 25.3 Å². The lowest BCUT2D eigenvalue weighted by atomic mass is 10.0. The van der Waals surface area contributed by atoms with E-state index in [9.17, 15) is 9.18 Å². The molecule has 18 heavy (non-hydrogen) atoms. The molecular weight excluding hydrogens is 237 g/mol. The minimum absolute atomic E-state index is 0.0855. The Morgan fingerprint density at radius 2 is 2.17 bits per heavy atom. The van der Waals surface area contributed by atoms with Gasteiger partial charge in [0.1, 0.15) is 11.6 Å². The number of carboxylic acid groups (broad SMARTS) is 1. The number of rotatable bonds is 6. The van der Waals surface area contributed by atoms with Gasteiger partial charge in [-0.3, -0.25) is 4.79 Å². The minimum atomic E-state index is -0.945. The van der Waals surface area contributed by atoms with Crippen molar-refractivity contribution in [3.63, 3.8) is 0 Å². The van der Waals surface area contributed by atoms with Crippen molar-refractivity contribution in [2.45, 2.75) is 32.4 Å². The molecule has 100 valence electrons. The number of nitrogens with one attached hydrogen (secondary N) is 1. The molecule has 1 unspecified atom stereocenters. The van der Waals surface area contributed by atoms with E-state index in [0.717, 1.165) is 0 Å². The molecule has 5 heteroatoms. The van der Waals surface area contributed by atoms with Crippen LogP contribution in [0.15, 0.2) is 18.2 Å². The third-order valence-corrected chi connectivity index (χ3v) is 2.48. The fourth-order valence-corrected chi connectivity index (χ4v) is 1.81. The fourth-order valence-electron chi connectivity index (χ4n) is 1.81. The van der Waals surface area contributed by atoms with Gasteiger partial charge in [0.05, 0.1) is 13.5 Å². The van der Waals surface area contributed by atoms with Crippen LogP contribution in [0.25, 0.3) is 0 Å². The van der Waals surface area contributed by atoms with Crippen molar-refractivity contribution in [1.82, 2.24) is 5.32 Å². The molecule has 0 heterocycles. The summed E-state index contributed by atoms with van der Waals surface area (Å²) in [4.78, 5) is 10.9. The minimum Gasteiger partial charge on any atom is -0.496 e. The zero-order chi connectivity index (χ0) is 13.7. The molecular formula is C13H18FNO3. The molecule has 1 aromatic carbocycles. The number of aliphatic carboxylic acids is 1. The van der Waals surface area contributed by atoms with Crippen molar-refractivity contribution in [3.8, 4) is 5.75 Å². The molecule has 0 bridgehead atoms. The Kier molecular flexibility index (Phi) is 5.09. The summed E-state index contributed by atoms with van der Waals surface area (Å²) in [6, 6.07) is 3.70. The molecule has 0 saturated carbocycles. The van der Waals surface area contributed by atoms with Crippen LogP contribution in [-0.2, 0) is 4.79 Å². The second-order valence-corrected chi connectivity index (χ2v) is 4.36. The molecule has 1 atom stereocenters. The van der Waals surface area contributed by atoms with Gasteiger partial charge < -0.3 is 15.2 Å². The monoisotopic (exact) mass is 255 g/mol. The normalized spacial score (nSPS) is 12.5. The topological polar surface area (TPSA) is 58.6 Å². The highest BCUT2D eigenvalue weighted by molar-refractivity contribution is 5.68. The summed E-state index contributed by atoms with van der Waals surface area (Å²) in [5.41, 5.74) is 0.522. The molecule has 0 radical (unpaired) electrons. The summed E-state index contributed by atoms with van der Waals surface area (Å²) in [5.74, 6) is -0.873. The van der Waals surface area contributed by atoms with Crippen molar-refractivity contribution < 1.29 is 19.0 Å². The number of carboxylic acids is 1. The maximum Gasteiger partial charge on any atom is 0.305 e. The SMILES string of the molecule is COc1ccc(F)cc1C(CC(=O)O)NC(C)C. The van der Waals surface area contributed by atoms with E-state index in [4.69, 9.17) is 9.84 Å². The Hall–Kier alpha value is -1.62. The Labute approximate surface area is 106 Å². The van der Waals surface area contributed by atoms with Gasteiger partial charge >= 0.3 is 5.97 Å². The first-order chi connectivity index (χ1) is 8.43. The molecule has 1 aromatic rings. The van der Waals surface area contributed by atoms with E-state index < -0.39 is 17.8 Å². The Morgan fingerprint density at radius 1 is 1.50 bits per heavy atom. The van der Waals surface area contributed by atoms with Gasteiger partial charge in [-0.1, -0.05) is 13.8 Å². The molecule has 0 aromatic heterocycles. The van der Waals surface area contributed by atoms with Crippen molar-refractivity contribution >= 4 is 5.97 Å². The average molecular weight is 255 g/mol. The van der Waals surface area contributed by atoms with Crippen LogP contribution in [0.5, 0.6) is 5.75 Å². The van der Waals surface area contributed by atoms with Gasteiger partial charge in [-0.15, -0.1) is 0 Å². The summed E-state index contributed by atoms with van der Waals surface area (Å²) in [6.45, 7) is 3.81. The largest absolute Gasteiger partial charge is 0.496 e. The van der Waals surface area contributed by atoms with Crippen LogP contribution in [-0.4, -0.2) is 24.2 Å². The van der Waals surface area contributed by atoms with Gasteiger partial charge in [-0.2, -0.15) is 0 Å². The predicted octanol–water partition coefficient (Wildman–Crippen LogP) is 2.35. The first-order valence-corrected chi connectivity index (χ1v) is 5.75. The number of methoxy groups -OCH3 is 1. The standard InChI is InChI=1S/C13H18FNO3/c1-8(2)15-11(7-13(16)17)10-6-9(14)4-5-12(10)18-3/h4-6,8,11,15H,7H2,1-3H3,(H,16,17). The molecule has 0 amide bonds. The zero-order valence-corrected chi connectivity index (χ0v) is 10.7. The molecule has 4 nitrogen and oxygen atoms in total. The number of ether oxygens (including phenoxy) is 1. The molecule has 0 spiro atoms. The van der Waals surface area contributed by atoms with Crippen LogP contribution in [0.1, 0.15) is 31.9 Å². The van der Waals surface area contributed by atoms with Crippen molar-refractivity contribution in [1.29, 1.82) is 0 Å². The summed E-state index contributed by atoms with van der Waals surface area (Å²) in [6.07, 6.45) is -0.127. The molecule has 0 aliphatic heterocycles. The van der Waals surface area contributed by atoms with E-state index in [1.807, 2.05) is 13.8 Å². The lowest BCUT2D eigenvalue weighted by Gasteiger charge is -2.22.